The number of carboxylic acids is 1. The van der Waals surface area contributed by atoms with E-state index in [0.29, 0.717) is 21.5 Å². The third-order valence-electron chi connectivity index (χ3n) is 4.91. The molecule has 2 aromatic carbocycles. The van der Waals surface area contributed by atoms with E-state index in [1.807, 2.05) is 0 Å². The lowest BCUT2D eigenvalue weighted by Gasteiger charge is -2.23. The highest BCUT2D eigenvalue weighted by Crippen LogP contribution is 2.24. The highest BCUT2D eigenvalue weighted by Gasteiger charge is 2.30. The third kappa shape index (κ3) is 12.1. The summed E-state index contributed by atoms with van der Waals surface area (Å²) in [6.07, 6.45) is -6.31. The molecule has 1 amide bonds. The van der Waals surface area contributed by atoms with Crippen molar-refractivity contribution in [1.29, 1.82) is 0 Å². The third-order valence-corrected chi connectivity index (χ3v) is 5.35. The van der Waals surface area contributed by atoms with Crippen molar-refractivity contribution >= 4 is 35.3 Å². The lowest BCUT2D eigenvalue weighted by atomic mass is 10.1. The van der Waals surface area contributed by atoms with Gasteiger partial charge in [-0.25, -0.2) is 9.59 Å². The van der Waals surface area contributed by atoms with Crippen molar-refractivity contribution in [2.24, 2.45) is 0 Å². The van der Waals surface area contributed by atoms with Gasteiger partial charge in [-0.2, -0.15) is 13.2 Å². The summed E-state index contributed by atoms with van der Waals surface area (Å²) < 4.78 is 58.3. The number of hydrogen-bond acceptors (Lipinski definition) is 6. The Morgan fingerprint density at radius 3 is 2.18 bits per heavy atom. The minimum Gasteiger partial charge on any atom is -0.493 e. The van der Waals surface area contributed by atoms with E-state index < -0.39 is 30.9 Å². The molecule has 13 heteroatoms. The first-order valence-electron chi connectivity index (χ1n) is 11.6. The molecule has 1 unspecified atom stereocenters. The van der Waals surface area contributed by atoms with E-state index in [2.05, 4.69) is 4.74 Å². The number of carboxylic acid groups (broad SMARTS) is 1. The zero-order valence-electron chi connectivity index (χ0n) is 20.5. The molecular weight excluding hydrogens is 554 g/mol. The van der Waals surface area contributed by atoms with Crippen LogP contribution in [0.5, 0.6) is 11.5 Å². The van der Waals surface area contributed by atoms with Gasteiger partial charge >= 0.3 is 18.2 Å². The maximum absolute atomic E-state index is 12.5. The molecule has 0 heterocycles. The summed E-state index contributed by atoms with van der Waals surface area (Å²) in [6, 6.07) is 11.3. The lowest BCUT2D eigenvalue weighted by molar-refractivity contribution is -0.162. The summed E-state index contributed by atoms with van der Waals surface area (Å²) in [5, 5.41) is 9.96. The van der Waals surface area contributed by atoms with Crippen molar-refractivity contribution < 1.29 is 46.8 Å². The van der Waals surface area contributed by atoms with E-state index in [4.69, 9.17) is 37.4 Å². The van der Waals surface area contributed by atoms with Crippen LogP contribution >= 0.6 is 23.2 Å². The van der Waals surface area contributed by atoms with Crippen molar-refractivity contribution in [2.75, 3.05) is 39.5 Å². The van der Waals surface area contributed by atoms with E-state index >= 15 is 0 Å². The maximum Gasteiger partial charge on any atom is 0.422 e. The van der Waals surface area contributed by atoms with Crippen molar-refractivity contribution in [3.8, 4) is 11.5 Å². The Balaban J connectivity index is 1.89. The number of benzene rings is 2. The van der Waals surface area contributed by atoms with Gasteiger partial charge in [0.15, 0.2) is 12.7 Å². The number of ether oxygens (including phenoxy) is 4. The number of halogens is 5. The Morgan fingerprint density at radius 2 is 1.61 bits per heavy atom. The van der Waals surface area contributed by atoms with Gasteiger partial charge in [-0.15, -0.1) is 0 Å². The van der Waals surface area contributed by atoms with Gasteiger partial charge in [-0.3, -0.25) is 0 Å². The fourth-order valence-corrected chi connectivity index (χ4v) is 3.72. The number of alkyl halides is 3. The van der Waals surface area contributed by atoms with Crippen LogP contribution in [0.3, 0.4) is 0 Å². The molecule has 1 atom stereocenters. The molecule has 0 fully saturated rings. The van der Waals surface area contributed by atoms with Crippen molar-refractivity contribution in [1.82, 2.24) is 4.90 Å². The second kappa shape index (κ2) is 15.5. The van der Waals surface area contributed by atoms with Gasteiger partial charge in [0.05, 0.1) is 13.2 Å². The Kier molecular flexibility index (Phi) is 12.8. The molecule has 1 N–H and O–H groups in total. The van der Waals surface area contributed by atoms with E-state index in [0.717, 1.165) is 10.5 Å². The van der Waals surface area contributed by atoms with Gasteiger partial charge in [0, 0.05) is 29.6 Å². The van der Waals surface area contributed by atoms with E-state index in [1.165, 1.54) is 6.07 Å². The van der Waals surface area contributed by atoms with Gasteiger partial charge in [-0.1, -0.05) is 35.3 Å². The molecule has 0 aliphatic carbocycles. The maximum atomic E-state index is 12.5. The van der Waals surface area contributed by atoms with Crippen molar-refractivity contribution in [2.45, 2.75) is 32.0 Å². The van der Waals surface area contributed by atoms with Crippen LogP contribution in [0.15, 0.2) is 42.5 Å². The molecule has 0 bridgehead atoms. The first kappa shape index (κ1) is 31.3. The molecule has 0 saturated heterocycles. The summed E-state index contributed by atoms with van der Waals surface area (Å²) in [7, 11) is 0. The normalized spacial score (nSPS) is 12.1. The van der Waals surface area contributed by atoms with Gasteiger partial charge in [0.2, 0.25) is 0 Å². The molecule has 8 nitrogen and oxygen atoms in total. The first-order chi connectivity index (χ1) is 18.0. The fourth-order valence-electron chi connectivity index (χ4n) is 3.21. The summed E-state index contributed by atoms with van der Waals surface area (Å²) in [5.74, 6) is -0.218. The van der Waals surface area contributed by atoms with Crippen LogP contribution in [0.25, 0.3) is 0 Å². The van der Waals surface area contributed by atoms with E-state index in [9.17, 15) is 27.9 Å². The van der Waals surface area contributed by atoms with Crippen molar-refractivity contribution in [3.63, 3.8) is 0 Å². The van der Waals surface area contributed by atoms with Gasteiger partial charge in [0.1, 0.15) is 18.1 Å². The average Bonchev–Trinajstić information content (AvgIpc) is 2.83. The van der Waals surface area contributed by atoms with Crippen LogP contribution in [0.4, 0.5) is 18.0 Å². The second-order valence-electron chi connectivity index (χ2n) is 7.94. The summed E-state index contributed by atoms with van der Waals surface area (Å²) in [4.78, 5) is 24.6. The molecule has 0 aliphatic heterocycles. The number of hydrogen-bond donors (Lipinski definition) is 1. The first-order valence-corrected chi connectivity index (χ1v) is 12.4. The quantitative estimate of drug-likeness (QED) is 0.263. The van der Waals surface area contributed by atoms with Crippen LogP contribution in [0.1, 0.15) is 18.9 Å². The molecule has 38 heavy (non-hydrogen) atoms. The van der Waals surface area contributed by atoms with Crippen LogP contribution < -0.4 is 9.47 Å². The van der Waals surface area contributed by atoms with Crippen LogP contribution in [-0.2, 0) is 20.7 Å². The Labute approximate surface area is 228 Å². The topological polar surface area (TPSA) is 94.5 Å². The number of aliphatic carboxylic acids is 1. The molecule has 2 aromatic rings. The standard InChI is InChI=1S/C25H28Cl2F3NO7/c1-2-35-22(23(32)33)12-17-4-6-20(7-5-17)37-11-9-31(24(34)38-16-25(28,29)30)8-3-10-36-21-14-18(26)13-19(27)15-21/h4-7,13-15,22H,2-3,8-12,16H2,1H3,(H,32,33). The Bertz CT molecular complexity index is 1020. The molecule has 0 aromatic heterocycles. The fraction of sp³-hybridized carbons (Fsp3) is 0.440. The van der Waals surface area contributed by atoms with Crippen molar-refractivity contribution in [3.05, 3.63) is 58.1 Å². The predicted molar refractivity (Wildman–Crippen MR) is 134 cm³/mol. The van der Waals surface area contributed by atoms with Crippen LogP contribution in [0, 0.1) is 0 Å². The molecular formula is C25H28Cl2F3NO7. The summed E-state index contributed by atoms with van der Waals surface area (Å²) >= 11 is 11.8. The highest BCUT2D eigenvalue weighted by atomic mass is 35.5. The Hall–Kier alpha value is -2.89. The van der Waals surface area contributed by atoms with Gasteiger partial charge in [0.25, 0.3) is 0 Å². The van der Waals surface area contributed by atoms with Crippen LogP contribution in [0.2, 0.25) is 10.0 Å². The Morgan fingerprint density at radius 1 is 0.974 bits per heavy atom. The van der Waals surface area contributed by atoms with Gasteiger partial charge < -0.3 is 29.0 Å². The minimum atomic E-state index is -4.66. The minimum absolute atomic E-state index is 0.0259. The van der Waals surface area contributed by atoms with Gasteiger partial charge in [-0.05, 0) is 49.2 Å². The molecule has 0 aliphatic rings. The molecule has 0 radical (unpaired) electrons. The number of nitrogens with zero attached hydrogens (tertiary/aromatic N) is 1. The largest absolute Gasteiger partial charge is 0.493 e. The number of amides is 1. The zero-order chi connectivity index (χ0) is 28.1. The lowest BCUT2D eigenvalue weighted by Crippen LogP contribution is -2.38. The monoisotopic (exact) mass is 581 g/mol. The predicted octanol–water partition coefficient (Wildman–Crippen LogP) is 5.87. The average molecular weight is 582 g/mol. The number of rotatable bonds is 15. The zero-order valence-corrected chi connectivity index (χ0v) is 22.0. The van der Waals surface area contributed by atoms with E-state index in [1.54, 1.807) is 43.3 Å². The number of carbonyl (C=O) groups excluding carboxylic acids is 1. The summed E-state index contributed by atoms with van der Waals surface area (Å²) in [6.45, 7) is 0.372. The highest BCUT2D eigenvalue weighted by molar-refractivity contribution is 6.34. The molecule has 0 spiro atoms. The SMILES string of the molecule is CCOC(Cc1ccc(OCCN(CCCOc2cc(Cl)cc(Cl)c2)C(=O)OCC(F)(F)F)cc1)C(=O)O. The molecule has 2 rings (SSSR count). The smallest absolute Gasteiger partial charge is 0.422 e. The molecule has 0 saturated carbocycles. The number of carbonyl (C=O) groups is 2. The summed E-state index contributed by atoms with van der Waals surface area (Å²) in [5.41, 5.74) is 0.719. The van der Waals surface area contributed by atoms with Crippen LogP contribution in [-0.4, -0.2) is 73.9 Å². The second-order valence-corrected chi connectivity index (χ2v) is 8.82. The molecule has 210 valence electrons. The van der Waals surface area contributed by atoms with E-state index in [-0.39, 0.29) is 45.8 Å².